The van der Waals surface area contributed by atoms with Crippen LogP contribution in [0.4, 0.5) is 5.13 Å². The lowest BCUT2D eigenvalue weighted by molar-refractivity contribution is 0.691. The van der Waals surface area contributed by atoms with E-state index in [1.165, 1.54) is 16.7 Å². The molecule has 0 saturated carbocycles. The molecule has 26 heavy (non-hydrogen) atoms. The highest BCUT2D eigenvalue weighted by atomic mass is 32.1. The van der Waals surface area contributed by atoms with E-state index in [9.17, 15) is 0 Å². The zero-order valence-electron chi connectivity index (χ0n) is 14.8. The fourth-order valence-electron chi connectivity index (χ4n) is 2.73. The van der Waals surface area contributed by atoms with Gasteiger partial charge < -0.3 is 5.32 Å². The first-order valence-corrected chi connectivity index (χ1v) is 10.2. The van der Waals surface area contributed by atoms with E-state index in [0.29, 0.717) is 0 Å². The summed E-state index contributed by atoms with van der Waals surface area (Å²) in [5.41, 5.74) is 5.82. The molecule has 0 saturated heterocycles. The molecule has 6 heteroatoms. The Morgan fingerprint density at radius 3 is 2.65 bits per heavy atom. The quantitative estimate of drug-likeness (QED) is 0.491. The lowest BCUT2D eigenvalue weighted by Crippen LogP contribution is -1.98. The predicted molar refractivity (Wildman–Crippen MR) is 110 cm³/mol. The fourth-order valence-corrected chi connectivity index (χ4v) is 4.32. The van der Waals surface area contributed by atoms with E-state index < -0.39 is 0 Å². The highest BCUT2D eigenvalue weighted by molar-refractivity contribution is 7.19. The van der Waals surface area contributed by atoms with Gasteiger partial charge in [-0.25, -0.2) is 4.98 Å². The first kappa shape index (κ1) is 17.0. The van der Waals surface area contributed by atoms with Crippen LogP contribution in [0.25, 0.3) is 10.6 Å². The molecule has 4 aromatic rings. The van der Waals surface area contributed by atoms with E-state index in [2.05, 4.69) is 64.4 Å². The van der Waals surface area contributed by atoms with Crippen molar-refractivity contribution in [3.8, 4) is 10.6 Å². The van der Waals surface area contributed by atoms with Gasteiger partial charge in [-0.3, -0.25) is 4.68 Å². The molecule has 0 aliphatic carbocycles. The van der Waals surface area contributed by atoms with Crippen molar-refractivity contribution < 1.29 is 0 Å². The molecule has 0 radical (unpaired) electrons. The van der Waals surface area contributed by atoms with Crippen LogP contribution in [-0.2, 0) is 13.1 Å². The summed E-state index contributed by atoms with van der Waals surface area (Å²) >= 11 is 3.38. The summed E-state index contributed by atoms with van der Waals surface area (Å²) in [5, 5.41) is 13.3. The average molecular weight is 381 g/mol. The van der Waals surface area contributed by atoms with Gasteiger partial charge in [-0.2, -0.15) is 16.4 Å². The third-order valence-electron chi connectivity index (χ3n) is 4.16. The van der Waals surface area contributed by atoms with Gasteiger partial charge in [0.15, 0.2) is 5.13 Å². The first-order valence-electron chi connectivity index (χ1n) is 8.49. The topological polar surface area (TPSA) is 42.7 Å². The van der Waals surface area contributed by atoms with Gasteiger partial charge in [0.25, 0.3) is 0 Å². The number of aromatic nitrogens is 3. The van der Waals surface area contributed by atoms with Gasteiger partial charge in [-0.1, -0.05) is 41.2 Å². The Labute approximate surface area is 161 Å². The van der Waals surface area contributed by atoms with Gasteiger partial charge in [0, 0.05) is 12.7 Å². The highest BCUT2D eigenvalue weighted by Crippen LogP contribution is 2.31. The minimum absolute atomic E-state index is 0.777. The van der Waals surface area contributed by atoms with E-state index in [4.69, 9.17) is 5.10 Å². The highest BCUT2D eigenvalue weighted by Gasteiger charge is 2.12. The number of aryl methyl sites for hydroxylation is 2. The minimum Gasteiger partial charge on any atom is -0.357 e. The number of hydrogen-bond acceptors (Lipinski definition) is 5. The Balaban J connectivity index is 1.46. The van der Waals surface area contributed by atoms with E-state index in [1.54, 1.807) is 22.7 Å². The number of nitrogens with zero attached hydrogens (tertiary/aromatic N) is 3. The normalized spacial score (nSPS) is 11.0. The molecular weight excluding hydrogens is 360 g/mol. The van der Waals surface area contributed by atoms with Crippen molar-refractivity contribution in [3.05, 3.63) is 75.7 Å². The van der Waals surface area contributed by atoms with Crippen LogP contribution in [0, 0.1) is 13.8 Å². The Bertz CT molecular complexity index is 981. The number of anilines is 1. The largest absolute Gasteiger partial charge is 0.357 e. The number of nitrogens with one attached hydrogen (secondary N) is 1. The minimum atomic E-state index is 0.777. The molecule has 4 rings (SSSR count). The Kier molecular flexibility index (Phi) is 4.86. The lowest BCUT2D eigenvalue weighted by atomic mass is 10.1. The number of hydrogen-bond donors (Lipinski definition) is 1. The maximum absolute atomic E-state index is 4.72. The third kappa shape index (κ3) is 3.86. The molecule has 0 aliphatic heterocycles. The maximum Gasteiger partial charge on any atom is 0.183 e. The molecule has 132 valence electrons. The van der Waals surface area contributed by atoms with Crippen LogP contribution in [-0.4, -0.2) is 14.8 Å². The Morgan fingerprint density at radius 1 is 1.04 bits per heavy atom. The smallest absolute Gasteiger partial charge is 0.183 e. The molecule has 1 N–H and O–H groups in total. The molecule has 0 unspecified atom stereocenters. The molecule has 0 fully saturated rings. The molecule has 3 heterocycles. The molecule has 0 amide bonds. The van der Waals surface area contributed by atoms with Crippen molar-refractivity contribution in [3.63, 3.8) is 0 Å². The second kappa shape index (κ2) is 7.43. The van der Waals surface area contributed by atoms with Gasteiger partial charge in [0.1, 0.15) is 5.69 Å². The maximum atomic E-state index is 4.72. The van der Waals surface area contributed by atoms with E-state index in [0.717, 1.165) is 34.5 Å². The molecule has 0 atom stereocenters. The fraction of sp³-hybridized carbons (Fsp3) is 0.200. The SMILES string of the molecule is Cc1ccc(CNc2nc(C)c(-c3ccn(Cc4ccsc4)n3)s2)cc1. The van der Waals surface area contributed by atoms with Crippen molar-refractivity contribution in [2.24, 2.45) is 0 Å². The molecule has 0 bridgehead atoms. The molecule has 1 aromatic carbocycles. The van der Waals surface area contributed by atoms with Crippen LogP contribution in [0.2, 0.25) is 0 Å². The second-order valence-electron chi connectivity index (χ2n) is 6.30. The van der Waals surface area contributed by atoms with Crippen LogP contribution >= 0.6 is 22.7 Å². The first-order chi connectivity index (χ1) is 12.7. The number of thiazole rings is 1. The van der Waals surface area contributed by atoms with E-state index in [-0.39, 0.29) is 0 Å². The van der Waals surface area contributed by atoms with Gasteiger partial charge >= 0.3 is 0 Å². The van der Waals surface area contributed by atoms with Crippen LogP contribution in [0.3, 0.4) is 0 Å². The lowest BCUT2D eigenvalue weighted by Gasteiger charge is -2.03. The van der Waals surface area contributed by atoms with Crippen LogP contribution in [0.5, 0.6) is 0 Å². The van der Waals surface area contributed by atoms with Crippen molar-refractivity contribution >= 4 is 27.8 Å². The predicted octanol–water partition coefficient (Wildman–Crippen LogP) is 5.35. The third-order valence-corrected chi connectivity index (χ3v) is 6.03. The summed E-state index contributed by atoms with van der Waals surface area (Å²) in [4.78, 5) is 5.79. The van der Waals surface area contributed by atoms with Gasteiger partial charge in [-0.05, 0) is 47.9 Å². The van der Waals surface area contributed by atoms with Crippen molar-refractivity contribution in [2.75, 3.05) is 5.32 Å². The van der Waals surface area contributed by atoms with Crippen LogP contribution in [0.1, 0.15) is 22.4 Å². The zero-order valence-corrected chi connectivity index (χ0v) is 16.4. The second-order valence-corrected chi connectivity index (χ2v) is 8.08. The summed E-state index contributed by atoms with van der Waals surface area (Å²) in [6.07, 6.45) is 2.03. The standard InChI is InChI=1S/C20H20N4S2/c1-14-3-5-16(6-4-14)11-21-20-22-15(2)19(26-20)18-7-9-24(23-18)12-17-8-10-25-13-17/h3-10,13H,11-12H2,1-2H3,(H,21,22). The molecule has 4 nitrogen and oxygen atoms in total. The molecular formula is C20H20N4S2. The average Bonchev–Trinajstić information content (AvgIpc) is 3.36. The van der Waals surface area contributed by atoms with Crippen LogP contribution in [0.15, 0.2) is 53.4 Å². The van der Waals surface area contributed by atoms with Crippen LogP contribution < -0.4 is 5.32 Å². The van der Waals surface area contributed by atoms with E-state index in [1.807, 2.05) is 17.8 Å². The summed E-state index contributed by atoms with van der Waals surface area (Å²) in [5.74, 6) is 0. The van der Waals surface area contributed by atoms with Gasteiger partial charge in [0.05, 0.1) is 17.1 Å². The summed E-state index contributed by atoms with van der Waals surface area (Å²) in [6, 6.07) is 12.8. The zero-order chi connectivity index (χ0) is 17.9. The van der Waals surface area contributed by atoms with Crippen molar-refractivity contribution in [2.45, 2.75) is 26.9 Å². The molecule has 0 aliphatic rings. The number of thiophene rings is 1. The summed E-state index contributed by atoms with van der Waals surface area (Å²) in [7, 11) is 0. The van der Waals surface area contributed by atoms with Crippen molar-refractivity contribution in [1.29, 1.82) is 0 Å². The van der Waals surface area contributed by atoms with Crippen molar-refractivity contribution in [1.82, 2.24) is 14.8 Å². The molecule has 3 aromatic heterocycles. The Hall–Kier alpha value is -2.44. The monoisotopic (exact) mass is 380 g/mol. The number of rotatable bonds is 6. The van der Waals surface area contributed by atoms with E-state index >= 15 is 0 Å². The Morgan fingerprint density at radius 2 is 1.88 bits per heavy atom. The van der Waals surface area contributed by atoms with Gasteiger partial charge in [0.2, 0.25) is 0 Å². The summed E-state index contributed by atoms with van der Waals surface area (Å²) < 4.78 is 1.98. The summed E-state index contributed by atoms with van der Waals surface area (Å²) in [6.45, 7) is 5.73. The number of benzene rings is 1. The van der Waals surface area contributed by atoms with Gasteiger partial charge in [-0.15, -0.1) is 0 Å². The molecule has 0 spiro atoms.